The molecule has 58 valence electrons. The second kappa shape index (κ2) is 3.64. The zero-order chi connectivity index (χ0) is 8.27. The Morgan fingerprint density at radius 1 is 1.55 bits per heavy atom. The van der Waals surface area contributed by atoms with Crippen LogP contribution in [0.4, 0.5) is 5.69 Å². The molecule has 0 aliphatic rings. The number of rotatable bonds is 1. The van der Waals surface area contributed by atoms with Gasteiger partial charge in [-0.25, -0.2) is 0 Å². The molecule has 11 heavy (non-hydrogen) atoms. The van der Waals surface area contributed by atoms with Crippen LogP contribution < -0.4 is 0 Å². The van der Waals surface area contributed by atoms with Crippen molar-refractivity contribution in [3.05, 3.63) is 28.8 Å². The van der Waals surface area contributed by atoms with Gasteiger partial charge in [0.2, 0.25) is 11.5 Å². The maximum Gasteiger partial charge on any atom is 0.205 e. The average molecular weight is 188 g/mol. The quantitative estimate of drug-likeness (QED) is 0.665. The highest BCUT2D eigenvalue weighted by atomic mass is 35.5. The van der Waals surface area contributed by atoms with Crippen molar-refractivity contribution in [3.8, 4) is 0 Å². The van der Waals surface area contributed by atoms with Gasteiger partial charge in [0.05, 0.1) is 10.7 Å². The first kappa shape index (κ1) is 8.43. The number of benzene rings is 1. The van der Waals surface area contributed by atoms with Gasteiger partial charge in [-0.1, -0.05) is 17.7 Å². The van der Waals surface area contributed by atoms with E-state index in [1.54, 1.807) is 12.1 Å². The zero-order valence-corrected chi connectivity index (χ0v) is 7.45. The average Bonchev–Trinajstić information content (AvgIpc) is 1.95. The highest BCUT2D eigenvalue weighted by Crippen LogP contribution is 2.24. The van der Waals surface area contributed by atoms with Crippen LogP contribution in [0.25, 0.3) is 0 Å². The fourth-order valence-corrected chi connectivity index (χ4v) is 1.29. The number of hydrogen-bond donors (Lipinski definition) is 0. The lowest BCUT2D eigenvalue weighted by Gasteiger charge is -1.95. The Bertz CT molecular complexity index is 320. The van der Waals surface area contributed by atoms with Crippen molar-refractivity contribution in [1.29, 1.82) is 0 Å². The van der Waals surface area contributed by atoms with Gasteiger partial charge in [-0.2, -0.15) is 8.57 Å². The van der Waals surface area contributed by atoms with E-state index in [0.29, 0.717) is 10.7 Å². The molecule has 0 aromatic heterocycles. The molecule has 0 heterocycles. The Hall–Kier alpha value is -0.670. The molecule has 0 fully saturated rings. The Morgan fingerprint density at radius 2 is 2.27 bits per heavy atom. The summed E-state index contributed by atoms with van der Waals surface area (Å²) < 4.78 is 13.6. The fourth-order valence-electron chi connectivity index (χ4n) is 0.726. The predicted molar refractivity (Wildman–Crippen MR) is 46.4 cm³/mol. The van der Waals surface area contributed by atoms with Gasteiger partial charge in [0.15, 0.2) is 0 Å². The van der Waals surface area contributed by atoms with Gasteiger partial charge in [-0.05, 0) is 24.6 Å². The molecule has 0 bridgehead atoms. The summed E-state index contributed by atoms with van der Waals surface area (Å²) in [5, 5.41) is 0.522. The van der Waals surface area contributed by atoms with Gasteiger partial charge in [0.25, 0.3) is 0 Å². The van der Waals surface area contributed by atoms with Crippen LogP contribution in [0.3, 0.4) is 0 Å². The van der Waals surface area contributed by atoms with Gasteiger partial charge >= 0.3 is 0 Å². The van der Waals surface area contributed by atoms with E-state index >= 15 is 0 Å². The van der Waals surface area contributed by atoms with Crippen molar-refractivity contribution < 1.29 is 4.21 Å². The van der Waals surface area contributed by atoms with Gasteiger partial charge in [-0.15, -0.1) is 0 Å². The van der Waals surface area contributed by atoms with Gasteiger partial charge in [0, 0.05) is 0 Å². The normalized spacial score (nSPS) is 9.27. The van der Waals surface area contributed by atoms with Crippen LogP contribution in [0.5, 0.6) is 0 Å². The first-order valence-electron chi connectivity index (χ1n) is 3.00. The van der Waals surface area contributed by atoms with Crippen LogP contribution in [0, 0.1) is 6.92 Å². The Morgan fingerprint density at radius 3 is 2.82 bits per heavy atom. The number of nitrogens with zero attached hydrogens (tertiary/aromatic N) is 1. The third kappa shape index (κ3) is 2.13. The lowest BCUT2D eigenvalue weighted by Crippen LogP contribution is -1.71. The molecule has 0 saturated heterocycles. The van der Waals surface area contributed by atoms with Crippen molar-refractivity contribution in [2.45, 2.75) is 6.92 Å². The van der Waals surface area contributed by atoms with Crippen molar-refractivity contribution in [3.63, 3.8) is 0 Å². The van der Waals surface area contributed by atoms with Crippen molar-refractivity contribution in [2.24, 2.45) is 4.36 Å². The van der Waals surface area contributed by atoms with Crippen LogP contribution in [0.2, 0.25) is 5.02 Å². The standard InChI is InChI=1S/C7H6ClNOS/c1-5-2-3-7(9-11-10)6(8)4-5/h2-4H,1H3. The van der Waals surface area contributed by atoms with E-state index in [1.165, 1.54) is 0 Å². The van der Waals surface area contributed by atoms with Crippen LogP contribution in [0.1, 0.15) is 5.56 Å². The van der Waals surface area contributed by atoms with E-state index in [-0.39, 0.29) is 11.5 Å². The van der Waals surface area contributed by atoms with Gasteiger partial charge in [0.1, 0.15) is 0 Å². The van der Waals surface area contributed by atoms with E-state index in [2.05, 4.69) is 4.36 Å². The summed E-state index contributed by atoms with van der Waals surface area (Å²) in [6.07, 6.45) is 0. The predicted octanol–water partition coefficient (Wildman–Crippen LogP) is 2.68. The molecule has 0 amide bonds. The smallest absolute Gasteiger partial charge is 0.191 e. The topological polar surface area (TPSA) is 29.4 Å². The molecule has 0 saturated carbocycles. The SMILES string of the molecule is Cc1ccc(N=S=O)c(Cl)c1. The molecule has 0 aliphatic carbocycles. The van der Waals surface area contributed by atoms with E-state index in [4.69, 9.17) is 11.6 Å². The van der Waals surface area contributed by atoms with Crippen molar-refractivity contribution in [2.75, 3.05) is 0 Å². The number of halogens is 1. The molecular formula is C7H6ClNOS. The van der Waals surface area contributed by atoms with Crippen LogP contribution in [-0.2, 0) is 11.5 Å². The highest BCUT2D eigenvalue weighted by molar-refractivity contribution is 7.54. The van der Waals surface area contributed by atoms with Gasteiger partial charge < -0.3 is 0 Å². The molecule has 1 rings (SSSR count). The first-order valence-corrected chi connectivity index (χ1v) is 4.08. The Labute approximate surface area is 73.4 Å². The van der Waals surface area contributed by atoms with E-state index < -0.39 is 0 Å². The largest absolute Gasteiger partial charge is 0.205 e. The minimum absolute atomic E-state index is 0.165. The Balaban J connectivity index is 3.19. The molecule has 0 N–H and O–H groups in total. The second-order valence-electron chi connectivity index (χ2n) is 2.12. The molecule has 0 spiro atoms. The summed E-state index contributed by atoms with van der Waals surface area (Å²) in [6, 6.07) is 5.36. The second-order valence-corrected chi connectivity index (χ2v) is 2.86. The summed E-state index contributed by atoms with van der Waals surface area (Å²) in [4.78, 5) is 0. The van der Waals surface area contributed by atoms with E-state index in [1.807, 2.05) is 13.0 Å². The summed E-state index contributed by atoms with van der Waals surface area (Å²) in [5.74, 6) is 0. The van der Waals surface area contributed by atoms with Crippen LogP contribution in [0.15, 0.2) is 22.6 Å². The number of hydrogen-bond acceptors (Lipinski definition) is 2. The number of aryl methyl sites for hydroxylation is 1. The monoisotopic (exact) mass is 187 g/mol. The van der Waals surface area contributed by atoms with Crippen LogP contribution >= 0.6 is 11.6 Å². The molecule has 0 radical (unpaired) electrons. The zero-order valence-electron chi connectivity index (χ0n) is 5.87. The Kier molecular flexibility index (Phi) is 2.79. The summed E-state index contributed by atoms with van der Waals surface area (Å²) in [6.45, 7) is 1.93. The summed E-state index contributed by atoms with van der Waals surface area (Å²) in [7, 11) is 0. The molecular weight excluding hydrogens is 182 g/mol. The maximum atomic E-state index is 10.0. The molecule has 0 unspecified atom stereocenters. The molecule has 2 nitrogen and oxygen atoms in total. The maximum absolute atomic E-state index is 10.0. The highest BCUT2D eigenvalue weighted by Gasteiger charge is 1.96. The third-order valence-corrected chi connectivity index (χ3v) is 1.81. The van der Waals surface area contributed by atoms with Crippen molar-refractivity contribution in [1.82, 2.24) is 0 Å². The molecule has 1 aromatic rings. The van der Waals surface area contributed by atoms with Crippen LogP contribution in [-0.4, -0.2) is 4.21 Å². The van der Waals surface area contributed by atoms with E-state index in [0.717, 1.165) is 5.56 Å². The minimum Gasteiger partial charge on any atom is -0.191 e. The molecule has 1 aromatic carbocycles. The summed E-state index contributed by atoms with van der Waals surface area (Å²) >= 11 is 5.93. The first-order chi connectivity index (χ1) is 5.24. The molecule has 0 aliphatic heterocycles. The lowest BCUT2D eigenvalue weighted by molar-refractivity contribution is 0.698. The van der Waals surface area contributed by atoms with Crippen molar-refractivity contribution >= 4 is 28.8 Å². The van der Waals surface area contributed by atoms with Gasteiger partial charge in [-0.3, -0.25) is 0 Å². The lowest BCUT2D eigenvalue weighted by atomic mass is 10.2. The third-order valence-electron chi connectivity index (χ3n) is 1.24. The minimum atomic E-state index is 0.165. The van der Waals surface area contributed by atoms with E-state index in [9.17, 15) is 4.21 Å². The molecule has 0 atom stereocenters. The fraction of sp³-hybridized carbons (Fsp3) is 0.143. The molecule has 4 heteroatoms. The summed E-state index contributed by atoms with van der Waals surface area (Å²) in [5.41, 5.74) is 1.60.